The van der Waals surface area contributed by atoms with E-state index < -0.39 is 10.1 Å². The van der Waals surface area contributed by atoms with Crippen LogP contribution in [0, 0.1) is 0 Å². The standard InChI is InChI=1S/C14H22O6S/c1-21(15,16)20-12-11-18-8-7-17-9-10-19-13-14-5-3-2-4-6-14/h2-6H,7-13H2,1H3. The van der Waals surface area contributed by atoms with Gasteiger partial charge in [0.1, 0.15) is 0 Å². The summed E-state index contributed by atoms with van der Waals surface area (Å²) in [7, 11) is -3.38. The molecule has 0 aliphatic carbocycles. The van der Waals surface area contributed by atoms with Gasteiger partial charge < -0.3 is 14.2 Å². The summed E-state index contributed by atoms with van der Waals surface area (Å²) < 4.78 is 41.7. The number of rotatable bonds is 12. The molecule has 0 atom stereocenters. The molecule has 0 bridgehead atoms. The molecule has 120 valence electrons. The normalized spacial score (nSPS) is 11.7. The van der Waals surface area contributed by atoms with Gasteiger partial charge in [-0.3, -0.25) is 4.18 Å². The van der Waals surface area contributed by atoms with Crippen LogP contribution in [0.25, 0.3) is 0 Å². The van der Waals surface area contributed by atoms with Gasteiger partial charge in [0.25, 0.3) is 10.1 Å². The van der Waals surface area contributed by atoms with Crippen LogP contribution in [0.3, 0.4) is 0 Å². The zero-order valence-electron chi connectivity index (χ0n) is 12.2. The highest BCUT2D eigenvalue weighted by molar-refractivity contribution is 7.85. The molecule has 0 aliphatic rings. The summed E-state index contributed by atoms with van der Waals surface area (Å²) in [5, 5.41) is 0. The molecular weight excluding hydrogens is 296 g/mol. The van der Waals surface area contributed by atoms with E-state index >= 15 is 0 Å². The van der Waals surface area contributed by atoms with Crippen molar-refractivity contribution in [3.8, 4) is 0 Å². The van der Waals surface area contributed by atoms with Gasteiger partial charge in [0.05, 0.1) is 52.5 Å². The Kier molecular flexibility index (Phi) is 9.20. The highest BCUT2D eigenvalue weighted by atomic mass is 32.2. The second-order valence-corrected chi connectivity index (χ2v) is 5.93. The fourth-order valence-corrected chi connectivity index (χ4v) is 1.82. The molecule has 1 rings (SSSR count). The molecule has 0 N–H and O–H groups in total. The molecule has 0 spiro atoms. The van der Waals surface area contributed by atoms with Crippen LogP contribution in [0.5, 0.6) is 0 Å². The Balaban J connectivity index is 1.83. The van der Waals surface area contributed by atoms with E-state index in [2.05, 4.69) is 4.18 Å². The van der Waals surface area contributed by atoms with Crippen LogP contribution in [-0.4, -0.2) is 54.3 Å². The van der Waals surface area contributed by atoms with Gasteiger partial charge in [-0.2, -0.15) is 8.42 Å². The Bertz CT molecular complexity index is 460. The van der Waals surface area contributed by atoms with Crippen LogP contribution in [0.4, 0.5) is 0 Å². The summed E-state index contributed by atoms with van der Waals surface area (Å²) in [6.07, 6.45) is 1.01. The second-order valence-electron chi connectivity index (χ2n) is 4.29. The molecular formula is C14H22O6S. The average Bonchev–Trinajstić information content (AvgIpc) is 2.44. The molecule has 0 amide bonds. The number of benzene rings is 1. The van der Waals surface area contributed by atoms with Crippen molar-refractivity contribution in [1.29, 1.82) is 0 Å². The van der Waals surface area contributed by atoms with Crippen molar-refractivity contribution in [3.05, 3.63) is 35.9 Å². The first-order valence-electron chi connectivity index (χ1n) is 6.69. The van der Waals surface area contributed by atoms with Crippen molar-refractivity contribution in [1.82, 2.24) is 0 Å². The van der Waals surface area contributed by atoms with Crippen LogP contribution in [0.1, 0.15) is 5.56 Å². The van der Waals surface area contributed by atoms with E-state index in [0.717, 1.165) is 11.8 Å². The average molecular weight is 318 g/mol. The minimum absolute atomic E-state index is 0.0268. The molecule has 0 fully saturated rings. The van der Waals surface area contributed by atoms with E-state index in [1.165, 1.54) is 0 Å². The maximum absolute atomic E-state index is 10.7. The van der Waals surface area contributed by atoms with Gasteiger partial charge in [0, 0.05) is 0 Å². The van der Waals surface area contributed by atoms with Crippen LogP contribution < -0.4 is 0 Å². The highest BCUT2D eigenvalue weighted by Crippen LogP contribution is 1.99. The van der Waals surface area contributed by atoms with Crippen molar-refractivity contribution in [2.45, 2.75) is 6.61 Å². The summed E-state index contributed by atoms with van der Waals surface area (Å²) in [6.45, 7) is 2.67. The van der Waals surface area contributed by atoms with E-state index in [-0.39, 0.29) is 13.2 Å². The molecule has 0 saturated carbocycles. The SMILES string of the molecule is CS(=O)(=O)OCCOCCOCCOCc1ccccc1. The van der Waals surface area contributed by atoms with Gasteiger partial charge in [0.15, 0.2) is 0 Å². The highest BCUT2D eigenvalue weighted by Gasteiger charge is 2.00. The minimum atomic E-state index is -3.38. The molecule has 0 radical (unpaired) electrons. The van der Waals surface area contributed by atoms with Gasteiger partial charge in [-0.15, -0.1) is 0 Å². The topological polar surface area (TPSA) is 71.1 Å². The molecule has 0 saturated heterocycles. The smallest absolute Gasteiger partial charge is 0.264 e. The summed E-state index contributed by atoms with van der Waals surface area (Å²) in [5.41, 5.74) is 1.13. The Morgan fingerprint density at radius 3 is 1.90 bits per heavy atom. The Labute approximate surface area is 126 Å². The number of hydrogen-bond donors (Lipinski definition) is 0. The zero-order chi connectivity index (χ0) is 15.4. The lowest BCUT2D eigenvalue weighted by Gasteiger charge is -2.07. The third-order valence-electron chi connectivity index (χ3n) is 2.38. The largest absolute Gasteiger partial charge is 0.377 e. The van der Waals surface area contributed by atoms with Crippen molar-refractivity contribution in [2.24, 2.45) is 0 Å². The molecule has 1 aromatic carbocycles. The molecule has 0 unspecified atom stereocenters. The molecule has 1 aromatic rings. The monoisotopic (exact) mass is 318 g/mol. The van der Waals surface area contributed by atoms with Crippen molar-refractivity contribution < 1.29 is 26.8 Å². The van der Waals surface area contributed by atoms with E-state index in [0.29, 0.717) is 33.0 Å². The first-order valence-corrected chi connectivity index (χ1v) is 8.51. The lowest BCUT2D eigenvalue weighted by Crippen LogP contribution is -2.13. The number of ether oxygens (including phenoxy) is 3. The molecule has 21 heavy (non-hydrogen) atoms. The zero-order valence-corrected chi connectivity index (χ0v) is 13.0. The van der Waals surface area contributed by atoms with Crippen LogP contribution in [-0.2, 0) is 35.1 Å². The van der Waals surface area contributed by atoms with Crippen molar-refractivity contribution >= 4 is 10.1 Å². The maximum atomic E-state index is 10.7. The van der Waals surface area contributed by atoms with E-state index in [1.54, 1.807) is 0 Å². The molecule has 0 aromatic heterocycles. The molecule has 0 heterocycles. The Morgan fingerprint density at radius 1 is 0.810 bits per heavy atom. The fraction of sp³-hybridized carbons (Fsp3) is 0.571. The lowest BCUT2D eigenvalue weighted by atomic mass is 10.2. The molecule has 6 nitrogen and oxygen atoms in total. The van der Waals surface area contributed by atoms with Crippen LogP contribution >= 0.6 is 0 Å². The van der Waals surface area contributed by atoms with Gasteiger partial charge in [0.2, 0.25) is 0 Å². The number of hydrogen-bond acceptors (Lipinski definition) is 6. The Morgan fingerprint density at radius 2 is 1.33 bits per heavy atom. The summed E-state index contributed by atoms with van der Waals surface area (Å²) in [5.74, 6) is 0. The first-order chi connectivity index (χ1) is 10.1. The van der Waals surface area contributed by atoms with Gasteiger partial charge in [-0.05, 0) is 5.56 Å². The first kappa shape index (κ1) is 18.1. The van der Waals surface area contributed by atoms with Crippen LogP contribution in [0.15, 0.2) is 30.3 Å². The summed E-state index contributed by atoms with van der Waals surface area (Å²) in [4.78, 5) is 0. The van der Waals surface area contributed by atoms with Gasteiger partial charge in [-0.1, -0.05) is 30.3 Å². The third-order valence-corrected chi connectivity index (χ3v) is 2.98. The molecule has 0 aliphatic heterocycles. The quantitative estimate of drug-likeness (QED) is 0.426. The van der Waals surface area contributed by atoms with Crippen LogP contribution in [0.2, 0.25) is 0 Å². The maximum Gasteiger partial charge on any atom is 0.264 e. The predicted molar refractivity (Wildman–Crippen MR) is 78.5 cm³/mol. The minimum Gasteiger partial charge on any atom is -0.377 e. The Hall–Kier alpha value is -0.990. The molecule has 7 heteroatoms. The fourth-order valence-electron chi connectivity index (χ4n) is 1.45. The van der Waals surface area contributed by atoms with E-state index in [1.807, 2.05) is 30.3 Å². The van der Waals surface area contributed by atoms with Gasteiger partial charge >= 0.3 is 0 Å². The van der Waals surface area contributed by atoms with Crippen molar-refractivity contribution in [2.75, 3.05) is 45.9 Å². The lowest BCUT2D eigenvalue weighted by molar-refractivity contribution is 0.00632. The predicted octanol–water partition coefficient (Wildman–Crippen LogP) is 1.21. The third kappa shape index (κ3) is 11.4. The summed E-state index contributed by atoms with van der Waals surface area (Å²) in [6, 6.07) is 9.92. The van der Waals surface area contributed by atoms with Crippen molar-refractivity contribution in [3.63, 3.8) is 0 Å². The second kappa shape index (κ2) is 10.7. The summed E-state index contributed by atoms with van der Waals surface area (Å²) >= 11 is 0. The van der Waals surface area contributed by atoms with E-state index in [4.69, 9.17) is 14.2 Å². The van der Waals surface area contributed by atoms with Gasteiger partial charge in [-0.25, -0.2) is 0 Å². The van der Waals surface area contributed by atoms with E-state index in [9.17, 15) is 8.42 Å².